The first kappa shape index (κ1) is 6.57. The van der Waals surface area contributed by atoms with Crippen LogP contribution in [0.15, 0.2) is 11.4 Å². The molecule has 1 N–H and O–H groups in total. The van der Waals surface area contributed by atoms with Crippen molar-refractivity contribution >= 4 is 7.60 Å². The van der Waals surface area contributed by atoms with Crippen molar-refractivity contribution in [3.63, 3.8) is 0 Å². The van der Waals surface area contributed by atoms with E-state index in [9.17, 15) is 4.57 Å². The lowest BCUT2D eigenvalue weighted by Gasteiger charge is -1.94. The third-order valence-corrected chi connectivity index (χ3v) is 2.05. The maximum atomic E-state index is 10.5. The molecule has 1 aliphatic heterocycles. The lowest BCUT2D eigenvalue weighted by atomic mass is 10.3. The maximum absolute atomic E-state index is 10.5. The molecule has 1 atom stereocenters. The highest BCUT2D eigenvalue weighted by Gasteiger charge is 2.23. The Morgan fingerprint density at radius 1 is 2.00 bits per heavy atom. The summed E-state index contributed by atoms with van der Waals surface area (Å²) >= 11 is 0. The van der Waals surface area contributed by atoms with Gasteiger partial charge in [0.15, 0.2) is 0 Å². The van der Waals surface area contributed by atoms with Crippen LogP contribution in [0.3, 0.4) is 0 Å². The first-order valence-corrected chi connectivity index (χ1v) is 3.94. The minimum atomic E-state index is -3.42. The maximum Gasteiger partial charge on any atom is 0.352 e. The predicted octanol–water partition coefficient (Wildman–Crippen LogP) is 0.719. The van der Waals surface area contributed by atoms with E-state index in [0.29, 0.717) is 5.57 Å². The normalized spacial score (nSPS) is 33.6. The molecule has 0 aromatic heterocycles. The fraction of sp³-hybridized carbons (Fsp3) is 0.200. The predicted molar refractivity (Wildman–Crippen MR) is 32.7 cm³/mol. The molecule has 48 valence electrons. The molecular formula is C5H5O3P. The van der Waals surface area contributed by atoms with Crippen LogP contribution in [-0.2, 0) is 9.09 Å². The fourth-order valence-electron chi connectivity index (χ4n) is 0.512. The van der Waals surface area contributed by atoms with Crippen molar-refractivity contribution in [2.45, 2.75) is 0 Å². The Kier molecular flexibility index (Phi) is 1.46. The highest BCUT2D eigenvalue weighted by molar-refractivity contribution is 7.56. The molecular weight excluding hydrogens is 139 g/mol. The summed E-state index contributed by atoms with van der Waals surface area (Å²) in [5.41, 5.74) is 0.445. The van der Waals surface area contributed by atoms with Gasteiger partial charge in [0.05, 0.1) is 6.61 Å². The van der Waals surface area contributed by atoms with E-state index in [4.69, 9.17) is 11.3 Å². The van der Waals surface area contributed by atoms with Gasteiger partial charge < -0.3 is 9.42 Å². The molecule has 4 heteroatoms. The summed E-state index contributed by atoms with van der Waals surface area (Å²) in [6.07, 6.45) is 4.92. The molecule has 0 bridgehead atoms. The topological polar surface area (TPSA) is 46.5 Å². The van der Waals surface area contributed by atoms with Crippen molar-refractivity contribution in [1.29, 1.82) is 0 Å². The SMILES string of the molecule is C#CC1=CP(=O)(O)OC1. The molecule has 1 rings (SSSR count). The zero-order valence-electron chi connectivity index (χ0n) is 4.57. The molecule has 9 heavy (non-hydrogen) atoms. The second-order valence-corrected chi connectivity index (χ2v) is 3.28. The Bertz CT molecular complexity index is 235. The van der Waals surface area contributed by atoms with Crippen LogP contribution in [-0.4, -0.2) is 11.5 Å². The Hall–Kier alpha value is -0.550. The number of rotatable bonds is 0. The highest BCUT2D eigenvalue weighted by Crippen LogP contribution is 2.49. The minimum absolute atomic E-state index is 0.0876. The summed E-state index contributed by atoms with van der Waals surface area (Å²) in [6.45, 7) is 0.0876. The van der Waals surface area contributed by atoms with E-state index in [-0.39, 0.29) is 6.61 Å². The quantitative estimate of drug-likeness (QED) is 0.402. The van der Waals surface area contributed by atoms with E-state index in [1.54, 1.807) is 0 Å². The van der Waals surface area contributed by atoms with Crippen molar-refractivity contribution in [2.24, 2.45) is 0 Å². The van der Waals surface area contributed by atoms with Crippen LogP contribution in [0.4, 0.5) is 0 Å². The molecule has 0 amide bonds. The van der Waals surface area contributed by atoms with Gasteiger partial charge in [0.1, 0.15) is 0 Å². The van der Waals surface area contributed by atoms with E-state index >= 15 is 0 Å². The van der Waals surface area contributed by atoms with Crippen LogP contribution in [0.25, 0.3) is 0 Å². The zero-order chi connectivity index (χ0) is 6.91. The van der Waals surface area contributed by atoms with Gasteiger partial charge in [-0.2, -0.15) is 0 Å². The summed E-state index contributed by atoms with van der Waals surface area (Å²) < 4.78 is 15.0. The highest BCUT2D eigenvalue weighted by atomic mass is 31.2. The molecule has 0 fully saturated rings. The summed E-state index contributed by atoms with van der Waals surface area (Å²) in [5, 5.41) is 0. The first-order valence-electron chi connectivity index (χ1n) is 2.29. The van der Waals surface area contributed by atoms with E-state index in [1.807, 2.05) is 0 Å². The van der Waals surface area contributed by atoms with Gasteiger partial charge in [-0.1, -0.05) is 5.92 Å². The zero-order valence-corrected chi connectivity index (χ0v) is 5.47. The lowest BCUT2D eigenvalue weighted by Crippen LogP contribution is -1.81. The van der Waals surface area contributed by atoms with Crippen LogP contribution in [0.2, 0.25) is 0 Å². The smallest absolute Gasteiger partial charge is 0.321 e. The number of hydrogen-bond acceptors (Lipinski definition) is 2. The van der Waals surface area contributed by atoms with Gasteiger partial charge in [-0.25, -0.2) is 0 Å². The second-order valence-electron chi connectivity index (χ2n) is 1.64. The summed E-state index contributed by atoms with van der Waals surface area (Å²) in [6, 6.07) is 0. The molecule has 3 nitrogen and oxygen atoms in total. The van der Waals surface area contributed by atoms with Crippen LogP contribution in [0.5, 0.6) is 0 Å². The van der Waals surface area contributed by atoms with E-state index in [0.717, 1.165) is 5.82 Å². The fourth-order valence-corrected chi connectivity index (χ4v) is 1.45. The molecule has 0 saturated heterocycles. The Labute approximate surface area is 52.9 Å². The van der Waals surface area contributed by atoms with Crippen molar-refractivity contribution in [2.75, 3.05) is 6.61 Å². The number of hydrogen-bond donors (Lipinski definition) is 1. The van der Waals surface area contributed by atoms with Gasteiger partial charge in [0.25, 0.3) is 0 Å². The molecule has 1 aliphatic rings. The molecule has 0 aromatic carbocycles. The van der Waals surface area contributed by atoms with Crippen molar-refractivity contribution in [3.8, 4) is 12.3 Å². The van der Waals surface area contributed by atoms with E-state index < -0.39 is 7.60 Å². The average Bonchev–Trinajstić information content (AvgIpc) is 2.10. The van der Waals surface area contributed by atoms with Gasteiger partial charge in [-0.15, -0.1) is 6.42 Å². The molecule has 0 radical (unpaired) electrons. The van der Waals surface area contributed by atoms with Gasteiger partial charge in [-0.3, -0.25) is 4.57 Å². The second kappa shape index (κ2) is 2.00. The number of terminal acetylenes is 1. The van der Waals surface area contributed by atoms with Gasteiger partial charge in [-0.05, 0) is 0 Å². The third-order valence-electron chi connectivity index (χ3n) is 0.909. The Morgan fingerprint density at radius 3 is 2.89 bits per heavy atom. The van der Waals surface area contributed by atoms with Gasteiger partial charge >= 0.3 is 7.60 Å². The lowest BCUT2D eigenvalue weighted by molar-refractivity contribution is 0.305. The monoisotopic (exact) mass is 144 g/mol. The van der Waals surface area contributed by atoms with E-state index in [1.165, 1.54) is 0 Å². The van der Waals surface area contributed by atoms with Crippen molar-refractivity contribution < 1.29 is 14.0 Å². The molecule has 0 saturated carbocycles. The van der Waals surface area contributed by atoms with Gasteiger partial charge in [0.2, 0.25) is 0 Å². The Balaban J connectivity index is 2.88. The van der Waals surface area contributed by atoms with Gasteiger partial charge in [0, 0.05) is 11.4 Å². The molecule has 0 aromatic rings. The largest absolute Gasteiger partial charge is 0.352 e. The van der Waals surface area contributed by atoms with Crippen LogP contribution in [0, 0.1) is 12.3 Å². The Morgan fingerprint density at radius 2 is 2.67 bits per heavy atom. The van der Waals surface area contributed by atoms with Crippen LogP contribution >= 0.6 is 7.60 Å². The molecule has 0 aliphatic carbocycles. The minimum Gasteiger partial charge on any atom is -0.321 e. The molecule has 0 spiro atoms. The first-order chi connectivity index (χ1) is 4.14. The molecule has 1 unspecified atom stereocenters. The molecule has 1 heterocycles. The average molecular weight is 144 g/mol. The summed E-state index contributed by atoms with van der Waals surface area (Å²) in [7, 11) is -3.42. The van der Waals surface area contributed by atoms with Crippen LogP contribution < -0.4 is 0 Å². The van der Waals surface area contributed by atoms with Crippen LogP contribution in [0.1, 0.15) is 0 Å². The summed E-state index contributed by atoms with van der Waals surface area (Å²) in [5.74, 6) is 3.31. The third kappa shape index (κ3) is 1.43. The van der Waals surface area contributed by atoms with E-state index in [2.05, 4.69) is 10.4 Å². The standard InChI is InChI=1S/C5H5O3P/c1-2-5-3-8-9(6,7)4-5/h1,4H,3H2,(H,6,7). The van der Waals surface area contributed by atoms with Crippen molar-refractivity contribution in [3.05, 3.63) is 11.4 Å². The van der Waals surface area contributed by atoms with Crippen molar-refractivity contribution in [1.82, 2.24) is 0 Å². The summed E-state index contributed by atoms with van der Waals surface area (Å²) in [4.78, 5) is 8.66.